The zero-order valence-electron chi connectivity index (χ0n) is 17.1. The molecular weight excluding hydrogens is 509 g/mol. The Balaban J connectivity index is 1.69. The smallest absolute Gasteiger partial charge is 0.208 e. The van der Waals surface area contributed by atoms with Gasteiger partial charge in [0.25, 0.3) is 0 Å². The molecule has 1 aliphatic heterocycles. The van der Waals surface area contributed by atoms with Crippen molar-refractivity contribution in [2.45, 2.75) is 51.2 Å². The van der Waals surface area contributed by atoms with Gasteiger partial charge in [0.1, 0.15) is 12.2 Å². The molecule has 31 heavy (non-hydrogen) atoms. The van der Waals surface area contributed by atoms with Gasteiger partial charge in [0.2, 0.25) is 5.82 Å². The van der Waals surface area contributed by atoms with Gasteiger partial charge in [0.05, 0.1) is 12.9 Å². The fourth-order valence-corrected chi connectivity index (χ4v) is 3.96. The van der Waals surface area contributed by atoms with Crippen LogP contribution in [0.5, 0.6) is 0 Å². The number of hydrogen-bond acceptors (Lipinski definition) is 7. The molecular formula is C22H24IN5O3. The summed E-state index contributed by atoms with van der Waals surface area (Å²) in [6.07, 6.45) is 1.65. The molecule has 0 saturated carbocycles. The number of imidazole rings is 1. The summed E-state index contributed by atoms with van der Waals surface area (Å²) in [4.78, 5) is 13.6. The predicted octanol–water partition coefficient (Wildman–Crippen LogP) is 2.84. The second kappa shape index (κ2) is 9.91. The third kappa shape index (κ3) is 4.98. The van der Waals surface area contributed by atoms with Crippen LogP contribution in [0.4, 0.5) is 5.82 Å². The molecule has 1 saturated heterocycles. The highest BCUT2D eigenvalue weighted by Crippen LogP contribution is 2.29. The van der Waals surface area contributed by atoms with E-state index in [0.29, 0.717) is 29.4 Å². The molecule has 1 aromatic carbocycles. The number of aliphatic hydroxyl groups excluding tert-OH is 2. The second-order valence-corrected chi connectivity index (χ2v) is 8.64. The number of ether oxygens (including phenoxy) is 1. The van der Waals surface area contributed by atoms with E-state index in [0.717, 1.165) is 28.4 Å². The van der Waals surface area contributed by atoms with Crippen LogP contribution in [-0.4, -0.2) is 48.5 Å². The highest BCUT2D eigenvalue weighted by Gasteiger charge is 2.37. The second-order valence-electron chi connectivity index (χ2n) is 7.39. The van der Waals surface area contributed by atoms with Crippen molar-refractivity contribution in [2.24, 2.45) is 0 Å². The quantitative estimate of drug-likeness (QED) is 0.254. The van der Waals surface area contributed by atoms with Gasteiger partial charge in [-0.1, -0.05) is 31.4 Å². The first-order valence-electron chi connectivity index (χ1n) is 10.3. The van der Waals surface area contributed by atoms with Crippen LogP contribution in [-0.2, 0) is 11.3 Å². The monoisotopic (exact) mass is 533 g/mol. The number of hydrogen-bond donors (Lipinski definition) is 3. The number of halogens is 1. The molecule has 3 N–H and O–H groups in total. The van der Waals surface area contributed by atoms with E-state index < -0.39 is 18.4 Å². The summed E-state index contributed by atoms with van der Waals surface area (Å²) >= 11 is 2.28. The van der Waals surface area contributed by atoms with Gasteiger partial charge in [-0.15, -0.1) is 0 Å². The third-order valence-corrected chi connectivity index (χ3v) is 5.70. The predicted molar refractivity (Wildman–Crippen MR) is 125 cm³/mol. The van der Waals surface area contributed by atoms with Crippen LogP contribution >= 0.6 is 22.6 Å². The molecule has 0 bridgehead atoms. The Kier molecular flexibility index (Phi) is 7.02. The molecule has 3 atom stereocenters. The van der Waals surface area contributed by atoms with Crippen molar-refractivity contribution in [3.8, 4) is 11.8 Å². The van der Waals surface area contributed by atoms with Gasteiger partial charge in [-0.2, -0.15) is 0 Å². The van der Waals surface area contributed by atoms with Gasteiger partial charge in [-0.25, -0.2) is 15.0 Å². The fourth-order valence-electron chi connectivity index (χ4n) is 3.35. The van der Waals surface area contributed by atoms with Crippen LogP contribution in [0.2, 0.25) is 0 Å². The zero-order valence-corrected chi connectivity index (χ0v) is 19.3. The van der Waals surface area contributed by atoms with Crippen LogP contribution < -0.4 is 5.32 Å². The summed E-state index contributed by atoms with van der Waals surface area (Å²) in [6, 6.07) is 8.19. The van der Waals surface area contributed by atoms with Crippen LogP contribution in [0.25, 0.3) is 11.2 Å². The molecule has 3 heterocycles. The summed E-state index contributed by atoms with van der Waals surface area (Å²) in [5, 5.41) is 23.5. The maximum absolute atomic E-state index is 10.3. The third-order valence-electron chi connectivity index (χ3n) is 5.02. The molecule has 0 spiro atoms. The van der Waals surface area contributed by atoms with E-state index in [2.05, 4.69) is 67.7 Å². The van der Waals surface area contributed by atoms with Crippen molar-refractivity contribution in [3.05, 3.63) is 45.6 Å². The molecule has 8 nitrogen and oxygen atoms in total. The Morgan fingerprint density at radius 3 is 2.94 bits per heavy atom. The minimum Gasteiger partial charge on any atom is -0.388 e. The van der Waals surface area contributed by atoms with Gasteiger partial charge in [-0.3, -0.25) is 4.57 Å². The van der Waals surface area contributed by atoms with Gasteiger partial charge < -0.3 is 20.3 Å². The number of anilines is 1. The van der Waals surface area contributed by atoms with Crippen molar-refractivity contribution in [3.63, 3.8) is 0 Å². The first kappa shape index (κ1) is 22.0. The molecule has 0 aliphatic carbocycles. The van der Waals surface area contributed by atoms with E-state index in [9.17, 15) is 10.2 Å². The Hall–Kier alpha value is -2.26. The van der Waals surface area contributed by atoms with E-state index in [1.165, 1.54) is 0 Å². The van der Waals surface area contributed by atoms with Gasteiger partial charge in [-0.05, 0) is 52.6 Å². The van der Waals surface area contributed by atoms with Crippen LogP contribution in [0.15, 0.2) is 30.6 Å². The van der Waals surface area contributed by atoms with Crippen LogP contribution in [0.3, 0.4) is 0 Å². The van der Waals surface area contributed by atoms with E-state index in [4.69, 9.17) is 4.74 Å². The molecule has 3 aromatic rings. The minimum atomic E-state index is -1.06. The lowest BCUT2D eigenvalue weighted by Gasteiger charge is -2.16. The van der Waals surface area contributed by atoms with Crippen molar-refractivity contribution >= 4 is 39.6 Å². The molecule has 0 unspecified atom stereocenters. The summed E-state index contributed by atoms with van der Waals surface area (Å²) in [6.45, 7) is 2.74. The zero-order chi connectivity index (χ0) is 21.8. The largest absolute Gasteiger partial charge is 0.388 e. The lowest BCUT2D eigenvalue weighted by atomic mass is 10.2. The molecule has 162 valence electrons. The van der Waals surface area contributed by atoms with Crippen LogP contribution in [0, 0.1) is 15.4 Å². The van der Waals surface area contributed by atoms with E-state index in [1.807, 2.05) is 18.2 Å². The summed E-state index contributed by atoms with van der Waals surface area (Å²) in [5.41, 5.74) is 2.17. The van der Waals surface area contributed by atoms with Crippen molar-refractivity contribution in [1.82, 2.24) is 19.5 Å². The highest BCUT2D eigenvalue weighted by atomic mass is 127. The lowest BCUT2D eigenvalue weighted by molar-refractivity contribution is -0.0162. The fraction of sp³-hybridized carbons (Fsp3) is 0.409. The van der Waals surface area contributed by atoms with Crippen molar-refractivity contribution in [1.29, 1.82) is 0 Å². The molecule has 2 aromatic heterocycles. The molecule has 0 radical (unpaired) electrons. The van der Waals surface area contributed by atoms with E-state index in [-0.39, 0.29) is 6.61 Å². The normalized spacial score (nSPS) is 20.6. The number of benzene rings is 1. The molecule has 4 rings (SSSR count). The van der Waals surface area contributed by atoms with Crippen molar-refractivity contribution in [2.75, 3.05) is 11.9 Å². The minimum absolute atomic E-state index is 0.0536. The highest BCUT2D eigenvalue weighted by molar-refractivity contribution is 14.1. The summed E-state index contributed by atoms with van der Waals surface area (Å²) in [5.74, 6) is 7.10. The Bertz CT molecular complexity index is 1120. The Morgan fingerprint density at radius 2 is 2.19 bits per heavy atom. The molecule has 1 fully saturated rings. The number of nitrogens with zero attached hydrogens (tertiary/aromatic N) is 4. The van der Waals surface area contributed by atoms with Gasteiger partial charge in [0, 0.05) is 16.5 Å². The van der Waals surface area contributed by atoms with E-state index in [1.54, 1.807) is 10.9 Å². The maximum atomic E-state index is 10.3. The molecule has 9 heteroatoms. The number of fused-ring (bicyclic) bond motifs is 1. The number of rotatable bonds is 6. The van der Waals surface area contributed by atoms with Crippen LogP contribution in [0.1, 0.15) is 43.8 Å². The van der Waals surface area contributed by atoms with Gasteiger partial charge in [0.15, 0.2) is 23.2 Å². The summed E-state index contributed by atoms with van der Waals surface area (Å²) in [7, 11) is 0. The molecule has 0 amide bonds. The topological polar surface area (TPSA) is 105 Å². The SMILES string of the molecule is CCCCC#Cc1nc(NCc2cccc(I)c2)c2ncn([C@@H]3OC[C@@H](O)[C@H]3O)c2n1. The average molecular weight is 533 g/mol. The number of aromatic nitrogens is 4. The summed E-state index contributed by atoms with van der Waals surface area (Å²) < 4.78 is 8.36. The van der Waals surface area contributed by atoms with Gasteiger partial charge >= 0.3 is 0 Å². The average Bonchev–Trinajstić information content (AvgIpc) is 3.33. The maximum Gasteiger partial charge on any atom is 0.208 e. The van der Waals surface area contributed by atoms with Crippen molar-refractivity contribution < 1.29 is 14.9 Å². The molecule has 1 aliphatic rings. The Labute approximate surface area is 194 Å². The number of aliphatic hydroxyl groups is 2. The van der Waals surface area contributed by atoms with E-state index >= 15 is 0 Å². The number of nitrogens with one attached hydrogen (secondary N) is 1. The first-order chi connectivity index (χ1) is 15.1. The first-order valence-corrected chi connectivity index (χ1v) is 11.3. The lowest BCUT2D eigenvalue weighted by Crippen LogP contribution is -2.28. The standard InChI is InChI=1S/C22H24IN5O3/c1-2-3-4-5-9-17-26-20(24-11-14-7-6-8-15(23)10-14)18-21(27-17)28(13-25-18)22-19(30)16(29)12-31-22/h6-8,10,13,16,19,22,29-30H,2-4,11-12H2,1H3,(H,24,26,27)/t16-,19-,22-/m1/s1. The Morgan fingerprint density at radius 1 is 1.32 bits per heavy atom. The number of unbranched alkanes of at least 4 members (excludes halogenated alkanes) is 2.